The number of phenols is 2. The van der Waals surface area contributed by atoms with Crippen LogP contribution in [0.15, 0.2) is 18.2 Å². The minimum Gasteiger partial charge on any atom is -0.507 e. The van der Waals surface area contributed by atoms with Crippen molar-refractivity contribution in [3.05, 3.63) is 51.6 Å². The van der Waals surface area contributed by atoms with Crippen molar-refractivity contribution in [3.8, 4) is 17.2 Å². The molecule has 230 valence electrons. The predicted molar refractivity (Wildman–Crippen MR) is 148 cm³/mol. The number of hydrogen-bond acceptors (Lipinski definition) is 11. The van der Waals surface area contributed by atoms with E-state index in [1.165, 1.54) is 19.2 Å². The monoisotopic (exact) mass is 596 g/mol. The van der Waals surface area contributed by atoms with Crippen LogP contribution < -0.4 is 4.74 Å². The fourth-order valence-electron chi connectivity index (χ4n) is 8.28. The van der Waals surface area contributed by atoms with Gasteiger partial charge in [-0.05, 0) is 37.7 Å². The minimum absolute atomic E-state index is 0.00362. The summed E-state index contributed by atoms with van der Waals surface area (Å²) in [6, 6.07) is 4.51. The van der Waals surface area contributed by atoms with Crippen molar-refractivity contribution in [1.82, 2.24) is 0 Å². The Morgan fingerprint density at radius 3 is 2.56 bits per heavy atom. The molecular formula is C32H36O11. The Kier molecular flexibility index (Phi) is 6.84. The molecule has 9 atom stereocenters. The van der Waals surface area contributed by atoms with Crippen molar-refractivity contribution in [2.75, 3.05) is 13.7 Å². The van der Waals surface area contributed by atoms with Crippen LogP contribution >= 0.6 is 0 Å². The first kappa shape index (κ1) is 28.7. The first-order valence-electron chi connectivity index (χ1n) is 14.9. The smallest absolute Gasteiger partial charge is 0.202 e. The third-order valence-corrected chi connectivity index (χ3v) is 10.3. The van der Waals surface area contributed by atoms with Gasteiger partial charge >= 0.3 is 0 Å². The number of hydrogen-bond donors (Lipinski definition) is 5. The molecule has 1 saturated carbocycles. The normalized spacial score (nSPS) is 35.0. The van der Waals surface area contributed by atoms with E-state index < -0.39 is 65.8 Å². The Balaban J connectivity index is 1.32. The molecule has 0 bridgehead atoms. The van der Waals surface area contributed by atoms with Crippen molar-refractivity contribution in [2.45, 2.75) is 87.9 Å². The van der Waals surface area contributed by atoms with Gasteiger partial charge in [0.1, 0.15) is 23.4 Å². The zero-order chi connectivity index (χ0) is 30.4. The van der Waals surface area contributed by atoms with Crippen molar-refractivity contribution in [1.29, 1.82) is 0 Å². The molecule has 3 fully saturated rings. The third-order valence-electron chi connectivity index (χ3n) is 10.3. The summed E-state index contributed by atoms with van der Waals surface area (Å²) in [5.74, 6) is -1.82. The lowest BCUT2D eigenvalue weighted by Gasteiger charge is -2.44. The van der Waals surface area contributed by atoms with E-state index in [2.05, 4.69) is 0 Å². The molecule has 5 aliphatic rings. The first-order valence-corrected chi connectivity index (χ1v) is 14.9. The van der Waals surface area contributed by atoms with Crippen LogP contribution in [0.3, 0.4) is 0 Å². The highest BCUT2D eigenvalue weighted by Crippen LogP contribution is 2.54. The van der Waals surface area contributed by atoms with E-state index in [-0.39, 0.29) is 64.2 Å². The lowest BCUT2D eigenvalue weighted by molar-refractivity contribution is -0.258. The number of aliphatic hydroxyl groups excluding tert-OH is 2. The van der Waals surface area contributed by atoms with E-state index in [4.69, 9.17) is 18.9 Å². The second-order valence-corrected chi connectivity index (χ2v) is 12.6. The molecule has 2 aromatic rings. The molecule has 5 N–H and O–H groups in total. The van der Waals surface area contributed by atoms with Gasteiger partial charge in [-0.1, -0.05) is 18.6 Å². The molecule has 11 heteroatoms. The summed E-state index contributed by atoms with van der Waals surface area (Å²) >= 11 is 0. The van der Waals surface area contributed by atoms with Crippen molar-refractivity contribution >= 4 is 11.6 Å². The highest BCUT2D eigenvalue weighted by Gasteiger charge is 2.54. The van der Waals surface area contributed by atoms with E-state index in [1.807, 2.05) is 6.92 Å². The topological polar surface area (TPSA) is 172 Å². The number of ketones is 2. The van der Waals surface area contributed by atoms with Gasteiger partial charge in [-0.15, -0.1) is 0 Å². The Labute approximate surface area is 248 Å². The second kappa shape index (κ2) is 10.3. The summed E-state index contributed by atoms with van der Waals surface area (Å²) in [4.78, 5) is 27.5. The number of carbonyl (C=O) groups excluding carboxylic acids is 2. The molecule has 7 rings (SSSR count). The Morgan fingerprint density at radius 1 is 1.05 bits per heavy atom. The second-order valence-electron chi connectivity index (χ2n) is 12.6. The van der Waals surface area contributed by atoms with Gasteiger partial charge in [-0.3, -0.25) is 9.59 Å². The number of aromatic hydroxyl groups is 2. The molecule has 0 aromatic heterocycles. The lowest BCUT2D eigenvalue weighted by atomic mass is 9.71. The Hall–Kier alpha value is -3.06. The highest BCUT2D eigenvalue weighted by atomic mass is 16.7. The van der Waals surface area contributed by atoms with Crippen LogP contribution in [0.4, 0.5) is 0 Å². The third kappa shape index (κ3) is 4.17. The van der Waals surface area contributed by atoms with Gasteiger partial charge < -0.3 is 44.5 Å². The molecule has 3 unspecified atom stereocenters. The quantitative estimate of drug-likeness (QED) is 0.274. The summed E-state index contributed by atoms with van der Waals surface area (Å²) in [5.41, 5.74) is -2.80. The molecule has 0 amide bonds. The van der Waals surface area contributed by atoms with Gasteiger partial charge in [0.25, 0.3) is 0 Å². The van der Waals surface area contributed by atoms with Crippen LogP contribution in [0, 0.1) is 11.8 Å². The summed E-state index contributed by atoms with van der Waals surface area (Å²) in [7, 11) is 1.36. The fraction of sp³-hybridized carbons (Fsp3) is 0.562. The van der Waals surface area contributed by atoms with Gasteiger partial charge in [0, 0.05) is 36.0 Å². The van der Waals surface area contributed by atoms with Crippen LogP contribution in [-0.4, -0.2) is 87.1 Å². The van der Waals surface area contributed by atoms with Gasteiger partial charge in [-0.25, -0.2) is 0 Å². The van der Waals surface area contributed by atoms with Gasteiger partial charge in [0.2, 0.25) is 5.78 Å². The van der Waals surface area contributed by atoms with Crippen LogP contribution in [0.5, 0.6) is 17.2 Å². The largest absolute Gasteiger partial charge is 0.507 e. The van der Waals surface area contributed by atoms with Crippen molar-refractivity contribution < 1.29 is 54.1 Å². The molecule has 43 heavy (non-hydrogen) atoms. The zero-order valence-electron chi connectivity index (χ0n) is 24.0. The highest BCUT2D eigenvalue weighted by molar-refractivity contribution is 6.31. The van der Waals surface area contributed by atoms with E-state index in [0.29, 0.717) is 12.3 Å². The Morgan fingerprint density at radius 2 is 1.81 bits per heavy atom. The number of aliphatic hydroxyl groups is 3. The number of methoxy groups -OCH3 is 1. The molecule has 11 nitrogen and oxygen atoms in total. The maximum atomic E-state index is 13.8. The summed E-state index contributed by atoms with van der Waals surface area (Å²) < 4.78 is 24.3. The number of fused-ring (bicyclic) bond motifs is 6. The maximum absolute atomic E-state index is 13.8. The van der Waals surface area contributed by atoms with Gasteiger partial charge in [0.05, 0.1) is 60.4 Å². The predicted octanol–water partition coefficient (Wildman–Crippen LogP) is 2.29. The number of carbonyl (C=O) groups is 2. The molecule has 0 radical (unpaired) electrons. The molecular weight excluding hydrogens is 560 g/mol. The van der Waals surface area contributed by atoms with E-state index in [9.17, 15) is 35.1 Å². The molecule has 2 aromatic carbocycles. The van der Waals surface area contributed by atoms with Crippen LogP contribution in [0.25, 0.3) is 0 Å². The molecule has 2 heterocycles. The van der Waals surface area contributed by atoms with E-state index >= 15 is 0 Å². The SMILES string of the molecule is COc1cccc2c1C(=O)c1c(O)c3c(c(O)c1C2=O)C[C@@](O)(C(O)CO)C[C@@H]3O[C@H]1C[C@@H]2C3CCCC3O[C@@H]2[C@H](C)O1. The maximum Gasteiger partial charge on any atom is 0.202 e. The fourth-order valence-corrected chi connectivity index (χ4v) is 8.28. The van der Waals surface area contributed by atoms with Crippen molar-refractivity contribution in [2.24, 2.45) is 11.8 Å². The number of phenolic OH excluding ortho intramolecular Hbond substituents is 2. The summed E-state index contributed by atoms with van der Waals surface area (Å²) in [5, 5.41) is 55.3. The zero-order valence-corrected chi connectivity index (χ0v) is 24.0. The molecule has 2 aliphatic heterocycles. The standard InChI is InChI=1S/C32H36O11/c1-13-31-16(14-5-3-7-18(14)43-31)9-22(41-13)42-20-11-32(39,21(34)12-33)10-17-24(20)30(38)26-25(28(17)36)27(35)15-6-4-8-19(40-2)23(15)29(26)37/h4,6,8,13-14,16,18,20-22,31,33-34,36,38-39H,3,5,7,9-12H2,1-2H3/t13-,14?,16+,18?,20-,21?,22-,31+,32-/m0/s1. The number of rotatable bonds is 5. The van der Waals surface area contributed by atoms with Crippen molar-refractivity contribution in [3.63, 3.8) is 0 Å². The molecule has 2 saturated heterocycles. The summed E-state index contributed by atoms with van der Waals surface area (Å²) in [6.07, 6.45) is -0.737. The van der Waals surface area contributed by atoms with Crippen LogP contribution in [0.2, 0.25) is 0 Å². The average molecular weight is 597 g/mol. The van der Waals surface area contributed by atoms with Gasteiger partial charge in [0.15, 0.2) is 12.1 Å². The van der Waals surface area contributed by atoms with Crippen LogP contribution in [-0.2, 0) is 20.6 Å². The Bertz CT molecular complexity index is 1500. The average Bonchev–Trinajstić information content (AvgIpc) is 3.59. The van der Waals surface area contributed by atoms with Crippen LogP contribution in [0.1, 0.15) is 88.1 Å². The first-order chi connectivity index (χ1) is 20.6. The lowest BCUT2D eigenvalue weighted by Crippen LogP contribution is -2.51. The minimum atomic E-state index is -1.98. The van der Waals surface area contributed by atoms with Gasteiger partial charge in [-0.2, -0.15) is 0 Å². The summed E-state index contributed by atoms with van der Waals surface area (Å²) in [6.45, 7) is 1.14. The number of ether oxygens (including phenoxy) is 4. The number of benzene rings is 2. The van der Waals surface area contributed by atoms with E-state index in [0.717, 1.165) is 19.3 Å². The molecule has 0 spiro atoms. The van der Waals surface area contributed by atoms with E-state index in [1.54, 1.807) is 6.07 Å². The molecule has 3 aliphatic carbocycles.